The number of carbonyl (C=O) groups is 2. The maximum Gasteiger partial charge on any atom is 0.307 e. The molecule has 0 fully saturated rings. The Labute approximate surface area is 81.7 Å². The second-order valence-corrected chi connectivity index (χ2v) is 2.85. The van der Waals surface area contributed by atoms with Crippen molar-refractivity contribution in [2.24, 2.45) is 0 Å². The lowest BCUT2D eigenvalue weighted by molar-refractivity contribution is -0.136. The van der Waals surface area contributed by atoms with Gasteiger partial charge >= 0.3 is 5.97 Å². The van der Waals surface area contributed by atoms with Crippen LogP contribution in [-0.4, -0.2) is 17.4 Å². The Morgan fingerprint density at radius 2 is 2.21 bits per heavy atom. The number of hydrogen-bond acceptors (Lipinski definition) is 2. The van der Waals surface area contributed by atoms with Crippen LogP contribution in [0, 0.1) is 0 Å². The average Bonchev–Trinajstić information content (AvgIpc) is 2.17. The fraction of sp³-hybridized carbons (Fsp3) is 0.0909. The first kappa shape index (κ1) is 10.2. The van der Waals surface area contributed by atoms with Crippen molar-refractivity contribution in [3.8, 4) is 0 Å². The summed E-state index contributed by atoms with van der Waals surface area (Å²) in [6, 6.07) is 4.99. The molecule has 0 spiro atoms. The highest BCUT2D eigenvalue weighted by Gasteiger charge is 2.06. The Kier molecular flexibility index (Phi) is 3.18. The Balaban J connectivity index is 3.10. The zero-order chi connectivity index (χ0) is 10.6. The number of rotatable bonds is 4. The number of aliphatic carboxylic acids is 1. The van der Waals surface area contributed by atoms with Gasteiger partial charge in [0, 0.05) is 5.56 Å². The smallest absolute Gasteiger partial charge is 0.307 e. The normalized spacial score (nSPS) is 9.43. The molecule has 0 bridgehead atoms. The average molecular weight is 190 g/mol. The van der Waals surface area contributed by atoms with Crippen LogP contribution < -0.4 is 0 Å². The van der Waals surface area contributed by atoms with Crippen LogP contribution in [0.15, 0.2) is 24.8 Å². The topological polar surface area (TPSA) is 54.4 Å². The van der Waals surface area contributed by atoms with E-state index in [2.05, 4.69) is 6.58 Å². The van der Waals surface area contributed by atoms with Gasteiger partial charge in [-0.1, -0.05) is 24.8 Å². The third-order valence-electron chi connectivity index (χ3n) is 1.87. The second kappa shape index (κ2) is 4.37. The van der Waals surface area contributed by atoms with E-state index in [1.165, 1.54) is 0 Å². The monoisotopic (exact) mass is 190 g/mol. The molecule has 1 N–H and O–H groups in total. The van der Waals surface area contributed by atoms with Gasteiger partial charge in [0.15, 0.2) is 0 Å². The molecule has 0 radical (unpaired) electrons. The van der Waals surface area contributed by atoms with Crippen LogP contribution in [-0.2, 0) is 11.2 Å². The van der Waals surface area contributed by atoms with Gasteiger partial charge in [-0.15, -0.1) is 0 Å². The number of carboxylic acids is 1. The highest BCUT2D eigenvalue weighted by molar-refractivity contribution is 5.82. The molecule has 0 amide bonds. The van der Waals surface area contributed by atoms with E-state index in [-0.39, 0.29) is 6.42 Å². The van der Waals surface area contributed by atoms with Crippen molar-refractivity contribution in [2.75, 3.05) is 0 Å². The first-order valence-corrected chi connectivity index (χ1v) is 4.09. The van der Waals surface area contributed by atoms with Crippen molar-refractivity contribution in [1.82, 2.24) is 0 Å². The van der Waals surface area contributed by atoms with Gasteiger partial charge in [-0.25, -0.2) is 0 Å². The highest BCUT2D eigenvalue weighted by Crippen LogP contribution is 2.12. The summed E-state index contributed by atoms with van der Waals surface area (Å²) < 4.78 is 0. The summed E-state index contributed by atoms with van der Waals surface area (Å²) in [5.74, 6) is -0.945. The van der Waals surface area contributed by atoms with Crippen molar-refractivity contribution >= 4 is 18.3 Å². The molecule has 72 valence electrons. The largest absolute Gasteiger partial charge is 0.481 e. The van der Waals surface area contributed by atoms with Gasteiger partial charge in [-0.3, -0.25) is 9.59 Å². The molecule has 3 nitrogen and oxygen atoms in total. The Hall–Kier alpha value is -1.90. The highest BCUT2D eigenvalue weighted by atomic mass is 16.4. The number of aldehydes is 1. The van der Waals surface area contributed by atoms with E-state index in [1.54, 1.807) is 24.3 Å². The minimum atomic E-state index is -0.945. The van der Waals surface area contributed by atoms with Crippen LogP contribution >= 0.6 is 0 Å². The molecule has 3 heteroatoms. The maximum atomic E-state index is 10.6. The van der Waals surface area contributed by atoms with Gasteiger partial charge in [0.05, 0.1) is 6.42 Å². The fourth-order valence-corrected chi connectivity index (χ4v) is 1.17. The van der Waals surface area contributed by atoms with Gasteiger partial charge < -0.3 is 5.11 Å². The summed E-state index contributed by atoms with van der Waals surface area (Å²) in [6.45, 7) is 3.56. The molecule has 0 saturated heterocycles. The molecule has 0 aromatic heterocycles. The molecule has 0 saturated carbocycles. The molecule has 0 aliphatic rings. The van der Waals surface area contributed by atoms with E-state index < -0.39 is 5.97 Å². The zero-order valence-corrected chi connectivity index (χ0v) is 7.56. The molecule has 1 aromatic rings. The summed E-state index contributed by atoms with van der Waals surface area (Å²) in [6.07, 6.45) is 2.13. The van der Waals surface area contributed by atoms with Crippen molar-refractivity contribution < 1.29 is 14.7 Å². The van der Waals surface area contributed by atoms with Gasteiger partial charge in [0.1, 0.15) is 6.29 Å². The number of carbonyl (C=O) groups excluding carboxylic acids is 1. The lowest BCUT2D eigenvalue weighted by atomic mass is 10.0. The molecule has 0 unspecified atom stereocenters. The zero-order valence-electron chi connectivity index (χ0n) is 7.56. The van der Waals surface area contributed by atoms with Gasteiger partial charge in [-0.2, -0.15) is 0 Å². The predicted octanol–water partition coefficient (Wildman–Crippen LogP) is 1.77. The molecular formula is C11H10O3. The first-order valence-electron chi connectivity index (χ1n) is 4.09. The van der Waals surface area contributed by atoms with E-state index in [4.69, 9.17) is 5.11 Å². The van der Waals surface area contributed by atoms with Crippen LogP contribution in [0.1, 0.15) is 21.5 Å². The van der Waals surface area contributed by atoms with E-state index in [0.717, 1.165) is 5.56 Å². The van der Waals surface area contributed by atoms with Crippen LogP contribution in [0.2, 0.25) is 0 Å². The number of carboxylic acid groups (broad SMARTS) is 1. The van der Waals surface area contributed by atoms with Crippen LogP contribution in [0.25, 0.3) is 6.08 Å². The standard InChI is InChI=1S/C11H10O3/c1-2-8-3-4-9(6-11(13)14)10(5-8)7-12/h2-5,7H,1,6H2,(H,13,14). The lowest BCUT2D eigenvalue weighted by Gasteiger charge is -2.02. The van der Waals surface area contributed by atoms with Crippen molar-refractivity contribution in [1.29, 1.82) is 0 Å². The van der Waals surface area contributed by atoms with E-state index in [0.29, 0.717) is 17.4 Å². The molecule has 0 heterocycles. The lowest BCUT2D eigenvalue weighted by Crippen LogP contribution is -2.03. The summed E-state index contributed by atoms with van der Waals surface area (Å²) in [7, 11) is 0. The Morgan fingerprint density at radius 1 is 1.50 bits per heavy atom. The molecule has 1 rings (SSSR count). The summed E-state index contributed by atoms with van der Waals surface area (Å²) >= 11 is 0. The van der Waals surface area contributed by atoms with Crippen LogP contribution in [0.4, 0.5) is 0 Å². The third-order valence-corrected chi connectivity index (χ3v) is 1.87. The van der Waals surface area contributed by atoms with Crippen molar-refractivity contribution in [3.63, 3.8) is 0 Å². The SMILES string of the molecule is C=Cc1ccc(CC(=O)O)c(C=O)c1. The van der Waals surface area contributed by atoms with Crippen LogP contribution in [0.3, 0.4) is 0 Å². The van der Waals surface area contributed by atoms with E-state index in [9.17, 15) is 9.59 Å². The van der Waals surface area contributed by atoms with Gasteiger partial charge in [0.2, 0.25) is 0 Å². The summed E-state index contributed by atoms with van der Waals surface area (Å²) in [5.41, 5.74) is 1.74. The molecule has 0 aliphatic carbocycles. The number of hydrogen-bond donors (Lipinski definition) is 1. The molecule has 0 atom stereocenters. The summed E-state index contributed by atoms with van der Waals surface area (Å²) in [5, 5.41) is 8.58. The molecule has 1 aromatic carbocycles. The van der Waals surface area contributed by atoms with Crippen molar-refractivity contribution in [2.45, 2.75) is 6.42 Å². The van der Waals surface area contributed by atoms with Gasteiger partial charge in [-0.05, 0) is 17.2 Å². The van der Waals surface area contributed by atoms with Gasteiger partial charge in [0.25, 0.3) is 0 Å². The second-order valence-electron chi connectivity index (χ2n) is 2.85. The summed E-state index contributed by atoms with van der Waals surface area (Å²) in [4.78, 5) is 21.1. The van der Waals surface area contributed by atoms with E-state index in [1.807, 2.05) is 0 Å². The fourth-order valence-electron chi connectivity index (χ4n) is 1.17. The Morgan fingerprint density at radius 3 is 2.71 bits per heavy atom. The quantitative estimate of drug-likeness (QED) is 0.736. The Bertz CT molecular complexity index is 380. The minimum Gasteiger partial charge on any atom is -0.481 e. The van der Waals surface area contributed by atoms with E-state index >= 15 is 0 Å². The third kappa shape index (κ3) is 2.29. The molecular weight excluding hydrogens is 180 g/mol. The molecule has 14 heavy (non-hydrogen) atoms. The maximum absolute atomic E-state index is 10.6. The molecule has 0 aliphatic heterocycles. The predicted molar refractivity (Wildman–Crippen MR) is 53.3 cm³/mol. The van der Waals surface area contributed by atoms with Crippen molar-refractivity contribution in [3.05, 3.63) is 41.5 Å². The first-order chi connectivity index (χ1) is 6.67. The minimum absolute atomic E-state index is 0.133. The van der Waals surface area contributed by atoms with Crippen LogP contribution in [0.5, 0.6) is 0 Å². The number of benzene rings is 1.